The summed E-state index contributed by atoms with van der Waals surface area (Å²) in [5.74, 6) is 1.70. The third-order valence-electron chi connectivity index (χ3n) is 4.06. The van der Waals surface area contributed by atoms with Crippen LogP contribution in [0.1, 0.15) is 30.9 Å². The predicted octanol–water partition coefficient (Wildman–Crippen LogP) is 3.75. The summed E-state index contributed by atoms with van der Waals surface area (Å²) in [6.07, 6.45) is 2.06. The normalized spacial score (nSPS) is 11.3. The number of rotatable bonds is 11. The maximum absolute atomic E-state index is 5.72. The van der Waals surface area contributed by atoms with Crippen LogP contribution in [0, 0.1) is 0 Å². The number of hydrogen-bond donors (Lipinski definition) is 2. The van der Waals surface area contributed by atoms with Gasteiger partial charge >= 0.3 is 0 Å². The molecule has 0 spiro atoms. The van der Waals surface area contributed by atoms with Crippen molar-refractivity contribution in [2.75, 3.05) is 26.8 Å². The van der Waals surface area contributed by atoms with Crippen molar-refractivity contribution in [3.8, 4) is 5.75 Å². The first kappa shape index (κ1) is 20.8. The minimum absolute atomic E-state index is 0.583. The Morgan fingerprint density at radius 1 is 0.963 bits per heavy atom. The predicted molar refractivity (Wildman–Crippen MR) is 111 cm³/mol. The van der Waals surface area contributed by atoms with Crippen molar-refractivity contribution in [1.29, 1.82) is 0 Å². The third kappa shape index (κ3) is 8.13. The average molecular weight is 370 g/mol. The smallest absolute Gasteiger partial charge is 0.191 e. The molecule has 5 heteroatoms. The Kier molecular flexibility index (Phi) is 9.82. The lowest BCUT2D eigenvalue weighted by atomic mass is 10.2. The van der Waals surface area contributed by atoms with Gasteiger partial charge in [-0.05, 0) is 31.4 Å². The van der Waals surface area contributed by atoms with Crippen molar-refractivity contribution in [3.63, 3.8) is 0 Å². The molecule has 2 aromatic rings. The summed E-state index contributed by atoms with van der Waals surface area (Å²) in [5, 5.41) is 6.66. The van der Waals surface area contributed by atoms with E-state index in [1.165, 1.54) is 5.56 Å². The molecular formula is C22H31N3O2. The van der Waals surface area contributed by atoms with E-state index in [4.69, 9.17) is 9.47 Å². The average Bonchev–Trinajstić information content (AvgIpc) is 2.72. The molecule has 0 fully saturated rings. The lowest BCUT2D eigenvalue weighted by Crippen LogP contribution is -2.37. The molecule has 0 saturated carbocycles. The van der Waals surface area contributed by atoms with E-state index >= 15 is 0 Å². The minimum atomic E-state index is 0.583. The lowest BCUT2D eigenvalue weighted by molar-refractivity contribution is 0.117. The maximum Gasteiger partial charge on any atom is 0.191 e. The second kappa shape index (κ2) is 12.8. The number of benzene rings is 2. The summed E-state index contributed by atoms with van der Waals surface area (Å²) < 4.78 is 11.1. The summed E-state index contributed by atoms with van der Waals surface area (Å²) >= 11 is 0. The molecule has 2 aromatic carbocycles. The van der Waals surface area contributed by atoms with Crippen LogP contribution in [0.4, 0.5) is 0 Å². The summed E-state index contributed by atoms with van der Waals surface area (Å²) in [7, 11) is 1.69. The molecule has 5 nitrogen and oxygen atoms in total. The number of hydrogen-bond acceptors (Lipinski definition) is 3. The highest BCUT2D eigenvalue weighted by atomic mass is 16.5. The van der Waals surface area contributed by atoms with Gasteiger partial charge in [0.05, 0.1) is 20.3 Å². The number of aliphatic imine (C=N–C) groups is 1. The van der Waals surface area contributed by atoms with E-state index in [-0.39, 0.29) is 0 Å². The summed E-state index contributed by atoms with van der Waals surface area (Å²) in [5.41, 5.74) is 2.29. The molecular weight excluding hydrogens is 338 g/mol. The van der Waals surface area contributed by atoms with Crippen LogP contribution in [0.2, 0.25) is 0 Å². The highest BCUT2D eigenvalue weighted by molar-refractivity contribution is 5.79. The van der Waals surface area contributed by atoms with Crippen LogP contribution in [0.25, 0.3) is 0 Å². The molecule has 0 heterocycles. The van der Waals surface area contributed by atoms with E-state index in [9.17, 15) is 0 Å². The van der Waals surface area contributed by atoms with Crippen molar-refractivity contribution >= 4 is 5.96 Å². The molecule has 0 saturated heterocycles. The Morgan fingerprint density at radius 2 is 1.74 bits per heavy atom. The van der Waals surface area contributed by atoms with Gasteiger partial charge in [0.2, 0.25) is 0 Å². The molecule has 0 unspecified atom stereocenters. The summed E-state index contributed by atoms with van der Waals surface area (Å²) in [6, 6.07) is 18.2. The minimum Gasteiger partial charge on any atom is -0.496 e. The number of nitrogens with zero attached hydrogens (tertiary/aromatic N) is 1. The first-order valence-corrected chi connectivity index (χ1v) is 9.59. The van der Waals surface area contributed by atoms with Crippen LogP contribution in [-0.4, -0.2) is 32.8 Å². The molecule has 2 rings (SSSR count). The van der Waals surface area contributed by atoms with Crippen LogP contribution in [0.5, 0.6) is 5.75 Å². The van der Waals surface area contributed by atoms with E-state index < -0.39 is 0 Å². The number of methoxy groups -OCH3 is 1. The first-order valence-electron chi connectivity index (χ1n) is 9.59. The standard InChI is InChI=1S/C22H31N3O2/c1-3-23-22(25-17-20-13-7-8-14-21(20)26-2)24-15-9-10-16-27-18-19-11-5-4-6-12-19/h4-8,11-14H,3,9-10,15-18H2,1-2H3,(H2,23,24,25). The second-order valence-electron chi connectivity index (χ2n) is 6.18. The van der Waals surface area contributed by atoms with Gasteiger partial charge in [-0.25, -0.2) is 4.99 Å². The van der Waals surface area contributed by atoms with Crippen molar-refractivity contribution in [2.45, 2.75) is 32.9 Å². The maximum atomic E-state index is 5.72. The van der Waals surface area contributed by atoms with Crippen LogP contribution in [0.15, 0.2) is 59.6 Å². The zero-order valence-corrected chi connectivity index (χ0v) is 16.4. The van der Waals surface area contributed by atoms with Gasteiger partial charge in [0, 0.05) is 25.3 Å². The Morgan fingerprint density at radius 3 is 2.52 bits per heavy atom. The zero-order chi connectivity index (χ0) is 19.2. The van der Waals surface area contributed by atoms with Crippen molar-refractivity contribution in [2.24, 2.45) is 4.99 Å². The molecule has 0 radical (unpaired) electrons. The monoisotopic (exact) mass is 369 g/mol. The van der Waals surface area contributed by atoms with Gasteiger partial charge in [0.25, 0.3) is 0 Å². The molecule has 0 bridgehead atoms. The Bertz CT molecular complexity index is 674. The van der Waals surface area contributed by atoms with Gasteiger partial charge in [0.1, 0.15) is 5.75 Å². The number of nitrogens with one attached hydrogen (secondary N) is 2. The Balaban J connectivity index is 1.66. The molecule has 146 valence electrons. The molecule has 0 amide bonds. The fraction of sp³-hybridized carbons (Fsp3) is 0.409. The van der Waals surface area contributed by atoms with E-state index in [1.807, 2.05) is 42.5 Å². The second-order valence-corrected chi connectivity index (χ2v) is 6.18. The third-order valence-corrected chi connectivity index (χ3v) is 4.06. The molecule has 0 aliphatic rings. The molecule has 2 N–H and O–H groups in total. The first-order chi connectivity index (χ1) is 13.3. The highest BCUT2D eigenvalue weighted by Crippen LogP contribution is 2.17. The summed E-state index contributed by atoms with van der Waals surface area (Å²) in [6.45, 7) is 5.80. The van der Waals surface area contributed by atoms with E-state index in [1.54, 1.807) is 7.11 Å². The van der Waals surface area contributed by atoms with Gasteiger partial charge in [-0.1, -0.05) is 48.5 Å². The van der Waals surface area contributed by atoms with Crippen molar-refractivity contribution < 1.29 is 9.47 Å². The van der Waals surface area contributed by atoms with Gasteiger partial charge in [-0.2, -0.15) is 0 Å². The highest BCUT2D eigenvalue weighted by Gasteiger charge is 2.02. The van der Waals surface area contributed by atoms with Crippen LogP contribution in [-0.2, 0) is 17.9 Å². The number of unbranched alkanes of at least 4 members (excludes halogenated alkanes) is 1. The van der Waals surface area contributed by atoms with E-state index in [2.05, 4.69) is 34.7 Å². The molecule has 0 aliphatic heterocycles. The number of para-hydroxylation sites is 1. The quantitative estimate of drug-likeness (QED) is 0.360. The molecule has 0 aromatic heterocycles. The fourth-order valence-corrected chi connectivity index (χ4v) is 2.64. The van der Waals surface area contributed by atoms with Crippen molar-refractivity contribution in [1.82, 2.24) is 10.6 Å². The van der Waals surface area contributed by atoms with Gasteiger partial charge in [0.15, 0.2) is 5.96 Å². The van der Waals surface area contributed by atoms with Crippen molar-refractivity contribution in [3.05, 3.63) is 65.7 Å². The molecule has 27 heavy (non-hydrogen) atoms. The topological polar surface area (TPSA) is 54.9 Å². The fourth-order valence-electron chi connectivity index (χ4n) is 2.64. The summed E-state index contributed by atoms with van der Waals surface area (Å²) in [4.78, 5) is 4.65. The van der Waals surface area contributed by atoms with Crippen LogP contribution in [0.3, 0.4) is 0 Å². The number of ether oxygens (including phenoxy) is 2. The largest absolute Gasteiger partial charge is 0.496 e. The molecule has 0 aliphatic carbocycles. The van der Waals surface area contributed by atoms with E-state index in [0.717, 1.165) is 49.8 Å². The van der Waals surface area contributed by atoms with Gasteiger partial charge < -0.3 is 20.1 Å². The zero-order valence-electron chi connectivity index (χ0n) is 16.4. The van der Waals surface area contributed by atoms with Crippen LogP contribution < -0.4 is 15.4 Å². The molecule has 0 atom stereocenters. The van der Waals surface area contributed by atoms with Crippen LogP contribution >= 0.6 is 0 Å². The number of guanidine groups is 1. The van der Waals surface area contributed by atoms with E-state index in [0.29, 0.717) is 13.2 Å². The lowest BCUT2D eigenvalue weighted by Gasteiger charge is -2.12. The van der Waals surface area contributed by atoms with Gasteiger partial charge in [-0.15, -0.1) is 0 Å². The SMILES string of the molecule is CCNC(=NCc1ccccc1OC)NCCCCOCc1ccccc1. The Labute approximate surface area is 162 Å². The Hall–Kier alpha value is -2.53. The van der Waals surface area contributed by atoms with Gasteiger partial charge in [-0.3, -0.25) is 0 Å².